The minimum Gasteiger partial charge on any atom is -0.363 e. The van der Waals surface area contributed by atoms with Gasteiger partial charge in [-0.1, -0.05) is 6.92 Å². The van der Waals surface area contributed by atoms with E-state index in [0.29, 0.717) is 24.9 Å². The van der Waals surface area contributed by atoms with Gasteiger partial charge in [0.05, 0.1) is 4.90 Å². The Balaban J connectivity index is 1.97. The number of H-pyrrole nitrogens is 1. The van der Waals surface area contributed by atoms with E-state index in [-0.39, 0.29) is 4.90 Å². The average molecular weight is 257 g/mol. The van der Waals surface area contributed by atoms with Gasteiger partial charge in [0.1, 0.15) is 0 Å². The van der Waals surface area contributed by atoms with Crippen molar-refractivity contribution in [2.75, 3.05) is 6.54 Å². The summed E-state index contributed by atoms with van der Waals surface area (Å²) in [5, 5.41) is 0. The van der Waals surface area contributed by atoms with E-state index in [0.717, 1.165) is 5.69 Å². The molecule has 1 aromatic heterocycles. The molecule has 4 N–H and O–H groups in total. The molecule has 0 aliphatic heterocycles. The topological polar surface area (TPSA) is 88.0 Å². The zero-order valence-corrected chi connectivity index (χ0v) is 10.8. The second-order valence-corrected chi connectivity index (χ2v) is 6.50. The number of hydrogen-bond donors (Lipinski definition) is 3. The van der Waals surface area contributed by atoms with Crippen molar-refractivity contribution in [3.05, 3.63) is 18.0 Å². The van der Waals surface area contributed by atoms with Gasteiger partial charge in [0, 0.05) is 25.0 Å². The van der Waals surface area contributed by atoms with Gasteiger partial charge in [0.15, 0.2) is 0 Å². The van der Waals surface area contributed by atoms with E-state index >= 15 is 0 Å². The van der Waals surface area contributed by atoms with E-state index in [2.05, 4.69) is 16.6 Å². The summed E-state index contributed by atoms with van der Waals surface area (Å²) in [6.07, 6.45) is 3.93. The molecule has 2 rings (SSSR count). The van der Waals surface area contributed by atoms with Gasteiger partial charge in [-0.05, 0) is 30.7 Å². The minimum atomic E-state index is -3.39. The van der Waals surface area contributed by atoms with Gasteiger partial charge < -0.3 is 10.7 Å². The quantitative estimate of drug-likeness (QED) is 0.704. The number of aromatic amines is 1. The molecule has 1 aromatic rings. The maximum absolute atomic E-state index is 11.9. The summed E-state index contributed by atoms with van der Waals surface area (Å²) in [7, 11) is -3.39. The van der Waals surface area contributed by atoms with Crippen LogP contribution in [-0.2, 0) is 16.6 Å². The zero-order valence-electron chi connectivity index (χ0n) is 9.94. The highest BCUT2D eigenvalue weighted by Crippen LogP contribution is 2.36. The summed E-state index contributed by atoms with van der Waals surface area (Å²) >= 11 is 0. The molecule has 1 atom stereocenters. The molecule has 1 aliphatic carbocycles. The standard InChI is InChI=1S/C11H19N3O2S/c1-8(9-2-3-9)6-14-17(15,16)11-4-10(5-12)13-7-11/h4,7-9,13-14H,2-3,5-6,12H2,1H3. The van der Waals surface area contributed by atoms with Crippen LogP contribution in [0.3, 0.4) is 0 Å². The average Bonchev–Trinajstić information content (AvgIpc) is 3.03. The first-order valence-corrected chi connectivity index (χ1v) is 7.38. The molecule has 0 amide bonds. The molecule has 1 aliphatic rings. The summed E-state index contributed by atoms with van der Waals surface area (Å²) < 4.78 is 26.5. The number of aromatic nitrogens is 1. The second-order valence-electron chi connectivity index (χ2n) is 4.73. The van der Waals surface area contributed by atoms with Crippen LogP contribution in [0.5, 0.6) is 0 Å². The largest absolute Gasteiger partial charge is 0.363 e. The SMILES string of the molecule is CC(CNS(=O)(=O)c1c[nH]c(CN)c1)C1CC1. The molecule has 5 nitrogen and oxygen atoms in total. The zero-order chi connectivity index (χ0) is 12.5. The predicted molar refractivity (Wildman–Crippen MR) is 65.8 cm³/mol. The van der Waals surface area contributed by atoms with Crippen LogP contribution in [0, 0.1) is 11.8 Å². The van der Waals surface area contributed by atoms with E-state index in [1.54, 1.807) is 6.07 Å². The van der Waals surface area contributed by atoms with Crippen LogP contribution in [0.1, 0.15) is 25.5 Å². The Morgan fingerprint density at radius 1 is 1.59 bits per heavy atom. The summed E-state index contributed by atoms with van der Waals surface area (Å²) in [5.74, 6) is 1.11. The van der Waals surface area contributed by atoms with E-state index in [1.807, 2.05) is 0 Å². The van der Waals surface area contributed by atoms with Crippen LogP contribution in [0.25, 0.3) is 0 Å². The molecular formula is C11H19N3O2S. The van der Waals surface area contributed by atoms with Crippen LogP contribution in [0.2, 0.25) is 0 Å². The summed E-state index contributed by atoms with van der Waals surface area (Å²) in [5.41, 5.74) is 6.15. The van der Waals surface area contributed by atoms with Crippen molar-refractivity contribution in [1.82, 2.24) is 9.71 Å². The Morgan fingerprint density at radius 3 is 2.82 bits per heavy atom. The summed E-state index contributed by atoms with van der Waals surface area (Å²) in [6, 6.07) is 1.57. The van der Waals surface area contributed by atoms with Gasteiger partial charge in [-0.3, -0.25) is 0 Å². The Bertz CT molecular complexity index is 477. The number of nitrogens with one attached hydrogen (secondary N) is 2. The number of rotatable bonds is 6. The second kappa shape index (κ2) is 4.80. The van der Waals surface area contributed by atoms with E-state index in [1.165, 1.54) is 19.0 Å². The molecule has 0 aromatic carbocycles. The van der Waals surface area contributed by atoms with Gasteiger partial charge >= 0.3 is 0 Å². The van der Waals surface area contributed by atoms with Crippen molar-refractivity contribution < 1.29 is 8.42 Å². The maximum atomic E-state index is 11.9. The third-order valence-electron chi connectivity index (χ3n) is 3.27. The van der Waals surface area contributed by atoms with Crippen LogP contribution >= 0.6 is 0 Å². The Labute approximate surface area is 102 Å². The molecule has 0 spiro atoms. The fraction of sp³-hybridized carbons (Fsp3) is 0.636. The first kappa shape index (κ1) is 12.6. The lowest BCUT2D eigenvalue weighted by Gasteiger charge is -2.10. The molecule has 1 heterocycles. The molecule has 96 valence electrons. The molecule has 0 bridgehead atoms. The lowest BCUT2D eigenvalue weighted by atomic mass is 10.1. The molecule has 1 unspecified atom stereocenters. The van der Waals surface area contributed by atoms with Gasteiger partial charge in [-0.15, -0.1) is 0 Å². The normalized spacial score (nSPS) is 18.2. The fourth-order valence-corrected chi connectivity index (χ4v) is 3.01. The van der Waals surface area contributed by atoms with Crippen molar-refractivity contribution in [2.24, 2.45) is 17.6 Å². The minimum absolute atomic E-state index is 0.265. The van der Waals surface area contributed by atoms with Crippen LogP contribution in [0.15, 0.2) is 17.2 Å². The van der Waals surface area contributed by atoms with E-state index in [4.69, 9.17) is 5.73 Å². The van der Waals surface area contributed by atoms with Crippen LogP contribution < -0.4 is 10.5 Å². The molecular weight excluding hydrogens is 238 g/mol. The monoisotopic (exact) mass is 257 g/mol. The lowest BCUT2D eigenvalue weighted by Crippen LogP contribution is -2.28. The highest BCUT2D eigenvalue weighted by molar-refractivity contribution is 7.89. The van der Waals surface area contributed by atoms with Crippen molar-refractivity contribution >= 4 is 10.0 Å². The third kappa shape index (κ3) is 3.08. The number of hydrogen-bond acceptors (Lipinski definition) is 3. The smallest absolute Gasteiger partial charge is 0.242 e. The fourth-order valence-electron chi connectivity index (χ4n) is 1.85. The van der Waals surface area contributed by atoms with Crippen LogP contribution in [0.4, 0.5) is 0 Å². The third-order valence-corrected chi connectivity index (χ3v) is 4.67. The molecule has 1 fully saturated rings. The summed E-state index contributed by atoms with van der Waals surface area (Å²) in [6.45, 7) is 2.91. The molecule has 1 saturated carbocycles. The van der Waals surface area contributed by atoms with Crippen LogP contribution in [-0.4, -0.2) is 19.9 Å². The molecule has 0 saturated heterocycles. The Morgan fingerprint density at radius 2 is 2.29 bits per heavy atom. The van der Waals surface area contributed by atoms with Crippen molar-refractivity contribution in [1.29, 1.82) is 0 Å². The predicted octanol–water partition coefficient (Wildman–Crippen LogP) is 0.798. The van der Waals surface area contributed by atoms with Crippen molar-refractivity contribution in [3.63, 3.8) is 0 Å². The first-order chi connectivity index (χ1) is 8.03. The Hall–Kier alpha value is -0.850. The highest BCUT2D eigenvalue weighted by Gasteiger charge is 2.28. The van der Waals surface area contributed by atoms with Gasteiger partial charge in [0.25, 0.3) is 0 Å². The maximum Gasteiger partial charge on any atom is 0.242 e. The highest BCUT2D eigenvalue weighted by atomic mass is 32.2. The van der Waals surface area contributed by atoms with Crippen molar-refractivity contribution in [2.45, 2.75) is 31.2 Å². The first-order valence-electron chi connectivity index (χ1n) is 5.90. The van der Waals surface area contributed by atoms with Gasteiger partial charge in [-0.25, -0.2) is 13.1 Å². The number of sulfonamides is 1. The molecule has 0 radical (unpaired) electrons. The lowest BCUT2D eigenvalue weighted by molar-refractivity contribution is 0.492. The molecule has 6 heteroatoms. The van der Waals surface area contributed by atoms with Gasteiger partial charge in [0.2, 0.25) is 10.0 Å². The molecule has 17 heavy (non-hydrogen) atoms. The Kier molecular flexibility index (Phi) is 3.56. The number of nitrogens with two attached hydrogens (primary N) is 1. The van der Waals surface area contributed by atoms with Crippen molar-refractivity contribution in [3.8, 4) is 0 Å². The van der Waals surface area contributed by atoms with E-state index < -0.39 is 10.0 Å². The van der Waals surface area contributed by atoms with E-state index in [9.17, 15) is 8.42 Å². The van der Waals surface area contributed by atoms with Gasteiger partial charge in [-0.2, -0.15) is 0 Å². The summed E-state index contributed by atoms with van der Waals surface area (Å²) in [4.78, 5) is 3.10.